The summed E-state index contributed by atoms with van der Waals surface area (Å²) in [7, 11) is 0. The van der Waals surface area contributed by atoms with E-state index in [0.29, 0.717) is 24.0 Å². The Labute approximate surface area is 126 Å². The second kappa shape index (κ2) is 7.64. The quantitative estimate of drug-likeness (QED) is 0.739. The van der Waals surface area contributed by atoms with Crippen molar-refractivity contribution in [3.05, 3.63) is 35.9 Å². The summed E-state index contributed by atoms with van der Waals surface area (Å²) in [5.41, 5.74) is 1.38. The van der Waals surface area contributed by atoms with Crippen LogP contribution in [0, 0.1) is 17.2 Å². The molecule has 1 aromatic carbocycles. The first-order valence-electron chi connectivity index (χ1n) is 7.71. The van der Waals surface area contributed by atoms with E-state index in [2.05, 4.69) is 24.9 Å². The smallest absolute Gasteiger partial charge is 0.232 e. The van der Waals surface area contributed by atoms with E-state index in [9.17, 15) is 5.26 Å². The normalized spacial score (nSPS) is 12.0. The predicted molar refractivity (Wildman–Crippen MR) is 85.3 cm³/mol. The van der Waals surface area contributed by atoms with Crippen molar-refractivity contribution in [2.24, 2.45) is 5.92 Å². The second-order valence-corrected chi connectivity index (χ2v) is 5.37. The number of fused-ring (bicyclic) bond motifs is 1. The van der Waals surface area contributed by atoms with Crippen molar-refractivity contribution in [2.45, 2.75) is 39.5 Å². The fraction of sp³-hybridized carbons (Fsp3) is 0.444. The molecule has 0 saturated heterocycles. The highest BCUT2D eigenvalue weighted by molar-refractivity contribution is 5.80. The molecule has 1 unspecified atom stereocenters. The molecule has 1 heterocycles. The van der Waals surface area contributed by atoms with Crippen molar-refractivity contribution in [2.75, 3.05) is 6.61 Å². The number of hydrogen-bond acceptors (Lipinski definition) is 3. The Morgan fingerprint density at radius 2 is 2.10 bits per heavy atom. The van der Waals surface area contributed by atoms with Crippen LogP contribution in [0.5, 0.6) is 5.88 Å². The van der Waals surface area contributed by atoms with Crippen LogP contribution >= 0.6 is 0 Å². The number of ether oxygens (including phenoxy) is 1. The van der Waals surface area contributed by atoms with Crippen molar-refractivity contribution in [3.63, 3.8) is 0 Å². The van der Waals surface area contributed by atoms with Gasteiger partial charge in [0.15, 0.2) is 0 Å². The van der Waals surface area contributed by atoms with Crippen molar-refractivity contribution in [1.82, 2.24) is 4.98 Å². The van der Waals surface area contributed by atoms with Crippen molar-refractivity contribution in [3.8, 4) is 11.9 Å². The van der Waals surface area contributed by atoms with Gasteiger partial charge in [0.1, 0.15) is 11.6 Å². The molecule has 0 saturated carbocycles. The zero-order valence-corrected chi connectivity index (χ0v) is 12.8. The molecular formula is C18H22N2O. The SMILES string of the molecule is CCCCC(CC)COc1nc2ccccc2cc1C#N. The van der Waals surface area contributed by atoms with Crippen LogP contribution in [-0.2, 0) is 0 Å². The van der Waals surface area contributed by atoms with E-state index >= 15 is 0 Å². The van der Waals surface area contributed by atoms with E-state index < -0.39 is 0 Å². The molecule has 1 aromatic heterocycles. The predicted octanol–water partition coefficient (Wildman–Crippen LogP) is 4.70. The molecule has 0 spiro atoms. The van der Waals surface area contributed by atoms with E-state index in [4.69, 9.17) is 4.74 Å². The first-order chi connectivity index (χ1) is 10.3. The molecule has 0 bridgehead atoms. The maximum atomic E-state index is 9.27. The number of unbranched alkanes of at least 4 members (excludes halogenated alkanes) is 1. The summed E-state index contributed by atoms with van der Waals surface area (Å²) in [5.74, 6) is 0.996. The molecule has 0 amide bonds. The molecule has 0 fully saturated rings. The zero-order chi connectivity index (χ0) is 15.1. The summed E-state index contributed by atoms with van der Waals surface area (Å²) in [6.45, 7) is 5.02. The van der Waals surface area contributed by atoms with Crippen LogP contribution in [0.3, 0.4) is 0 Å². The van der Waals surface area contributed by atoms with Gasteiger partial charge >= 0.3 is 0 Å². The van der Waals surface area contributed by atoms with Crippen LogP contribution < -0.4 is 4.74 Å². The summed E-state index contributed by atoms with van der Waals surface area (Å²) >= 11 is 0. The monoisotopic (exact) mass is 282 g/mol. The van der Waals surface area contributed by atoms with Crippen LogP contribution in [0.2, 0.25) is 0 Å². The summed E-state index contributed by atoms with van der Waals surface area (Å²) in [4.78, 5) is 4.49. The second-order valence-electron chi connectivity index (χ2n) is 5.37. The maximum absolute atomic E-state index is 9.27. The van der Waals surface area contributed by atoms with E-state index in [0.717, 1.165) is 17.3 Å². The van der Waals surface area contributed by atoms with Crippen molar-refractivity contribution >= 4 is 10.9 Å². The number of hydrogen-bond donors (Lipinski definition) is 0. The number of para-hydroxylation sites is 1. The molecule has 3 nitrogen and oxygen atoms in total. The minimum Gasteiger partial charge on any atom is -0.476 e. The maximum Gasteiger partial charge on any atom is 0.232 e. The Kier molecular flexibility index (Phi) is 5.57. The minimum atomic E-state index is 0.464. The van der Waals surface area contributed by atoms with E-state index in [1.165, 1.54) is 19.3 Å². The summed E-state index contributed by atoms with van der Waals surface area (Å²) < 4.78 is 5.85. The van der Waals surface area contributed by atoms with Crippen LogP contribution in [0.25, 0.3) is 10.9 Å². The average molecular weight is 282 g/mol. The third-order valence-corrected chi connectivity index (χ3v) is 3.81. The van der Waals surface area contributed by atoms with Crippen LogP contribution in [0.4, 0.5) is 0 Å². The van der Waals surface area contributed by atoms with Crippen molar-refractivity contribution < 1.29 is 4.74 Å². The topological polar surface area (TPSA) is 45.9 Å². The number of pyridine rings is 1. The zero-order valence-electron chi connectivity index (χ0n) is 12.8. The highest BCUT2D eigenvalue weighted by atomic mass is 16.5. The van der Waals surface area contributed by atoms with Gasteiger partial charge in [-0.15, -0.1) is 0 Å². The molecule has 0 aliphatic rings. The molecule has 1 atom stereocenters. The molecule has 3 heteroatoms. The van der Waals surface area contributed by atoms with Gasteiger partial charge in [-0.3, -0.25) is 0 Å². The standard InChI is InChI=1S/C18H22N2O/c1-3-5-8-14(4-2)13-21-18-16(12-19)11-15-9-6-7-10-17(15)20-18/h6-7,9-11,14H,3-5,8,13H2,1-2H3. The molecule has 0 N–H and O–H groups in total. The number of aromatic nitrogens is 1. The van der Waals surface area contributed by atoms with Gasteiger partial charge in [0, 0.05) is 5.39 Å². The molecule has 0 radical (unpaired) electrons. The van der Waals surface area contributed by atoms with E-state index in [-0.39, 0.29) is 0 Å². The van der Waals surface area contributed by atoms with Gasteiger partial charge in [0.2, 0.25) is 5.88 Å². The first-order valence-corrected chi connectivity index (χ1v) is 7.71. The average Bonchev–Trinajstić information content (AvgIpc) is 2.54. The van der Waals surface area contributed by atoms with E-state index in [1.807, 2.05) is 30.3 Å². The lowest BCUT2D eigenvalue weighted by molar-refractivity contribution is 0.226. The van der Waals surface area contributed by atoms with Gasteiger partial charge in [0.25, 0.3) is 0 Å². The highest BCUT2D eigenvalue weighted by Crippen LogP contribution is 2.23. The van der Waals surface area contributed by atoms with Gasteiger partial charge in [-0.1, -0.05) is 51.3 Å². The molecule has 2 aromatic rings. The van der Waals surface area contributed by atoms with E-state index in [1.54, 1.807) is 0 Å². The fourth-order valence-corrected chi connectivity index (χ4v) is 2.38. The lowest BCUT2D eigenvalue weighted by atomic mass is 10.0. The van der Waals surface area contributed by atoms with Gasteiger partial charge < -0.3 is 4.74 Å². The van der Waals surface area contributed by atoms with Crippen molar-refractivity contribution in [1.29, 1.82) is 5.26 Å². The van der Waals surface area contributed by atoms with Gasteiger partial charge in [-0.05, 0) is 24.5 Å². The third kappa shape index (κ3) is 3.95. The summed E-state index contributed by atoms with van der Waals surface area (Å²) in [6.07, 6.45) is 4.68. The Morgan fingerprint density at radius 3 is 2.81 bits per heavy atom. The summed E-state index contributed by atoms with van der Waals surface area (Å²) in [5, 5.41) is 10.2. The molecule has 2 rings (SSSR count). The van der Waals surface area contributed by atoms with Gasteiger partial charge in [-0.2, -0.15) is 5.26 Å². The fourth-order valence-electron chi connectivity index (χ4n) is 2.38. The Hall–Kier alpha value is -2.08. The molecule has 110 valence electrons. The van der Waals surface area contributed by atoms with Crippen LogP contribution in [-0.4, -0.2) is 11.6 Å². The molecular weight excluding hydrogens is 260 g/mol. The number of nitriles is 1. The first kappa shape index (κ1) is 15.3. The minimum absolute atomic E-state index is 0.464. The largest absolute Gasteiger partial charge is 0.476 e. The van der Waals surface area contributed by atoms with Gasteiger partial charge in [-0.25, -0.2) is 4.98 Å². The molecule has 21 heavy (non-hydrogen) atoms. The highest BCUT2D eigenvalue weighted by Gasteiger charge is 2.11. The van der Waals surface area contributed by atoms with Crippen LogP contribution in [0.1, 0.15) is 45.1 Å². The molecule has 0 aliphatic heterocycles. The summed E-state index contributed by atoms with van der Waals surface area (Å²) in [6, 6.07) is 11.8. The number of benzene rings is 1. The lowest BCUT2D eigenvalue weighted by Gasteiger charge is -2.15. The Bertz CT molecular complexity index is 631. The van der Waals surface area contributed by atoms with Crippen LogP contribution in [0.15, 0.2) is 30.3 Å². The number of nitrogens with zero attached hydrogens (tertiary/aromatic N) is 2. The Morgan fingerprint density at radius 1 is 1.29 bits per heavy atom. The Balaban J connectivity index is 2.15. The number of rotatable bonds is 7. The third-order valence-electron chi connectivity index (χ3n) is 3.81. The van der Waals surface area contributed by atoms with Gasteiger partial charge in [0.05, 0.1) is 12.1 Å². The lowest BCUT2D eigenvalue weighted by Crippen LogP contribution is -2.12. The molecule has 0 aliphatic carbocycles.